The van der Waals surface area contributed by atoms with Crippen molar-refractivity contribution in [2.45, 2.75) is 25.1 Å². The first-order chi connectivity index (χ1) is 13.6. The van der Waals surface area contributed by atoms with E-state index in [1.54, 1.807) is 0 Å². The Balaban J connectivity index is 1.33. The SMILES string of the molecule is Cc1ccc(-c2nnc(SCC(=O)N[C@H](C)c3cc4ccccc4o3)o2)cc1. The van der Waals surface area contributed by atoms with E-state index >= 15 is 0 Å². The first-order valence-corrected chi connectivity index (χ1v) is 9.88. The van der Waals surface area contributed by atoms with Crippen molar-refractivity contribution in [3.63, 3.8) is 0 Å². The Kier molecular flexibility index (Phi) is 5.16. The molecule has 0 bridgehead atoms. The molecule has 4 aromatic rings. The molecule has 0 aliphatic rings. The summed E-state index contributed by atoms with van der Waals surface area (Å²) in [5, 5.41) is 12.4. The fourth-order valence-corrected chi connectivity index (χ4v) is 3.35. The van der Waals surface area contributed by atoms with Gasteiger partial charge in [-0.2, -0.15) is 0 Å². The minimum atomic E-state index is -0.230. The van der Waals surface area contributed by atoms with Crippen LogP contribution in [0.25, 0.3) is 22.4 Å². The first kappa shape index (κ1) is 18.3. The zero-order valence-corrected chi connectivity index (χ0v) is 16.3. The summed E-state index contributed by atoms with van der Waals surface area (Å²) in [6, 6.07) is 17.3. The minimum absolute atomic E-state index is 0.131. The molecule has 1 atom stereocenters. The highest BCUT2D eigenvalue weighted by Gasteiger charge is 2.16. The summed E-state index contributed by atoms with van der Waals surface area (Å²) in [5.41, 5.74) is 2.82. The van der Waals surface area contributed by atoms with E-state index in [0.717, 1.165) is 27.9 Å². The predicted molar refractivity (Wildman–Crippen MR) is 108 cm³/mol. The Bertz CT molecular complexity index is 1070. The number of aryl methyl sites for hydroxylation is 1. The maximum absolute atomic E-state index is 12.3. The zero-order chi connectivity index (χ0) is 19.5. The lowest BCUT2D eigenvalue weighted by atomic mass is 10.1. The highest BCUT2D eigenvalue weighted by atomic mass is 32.2. The number of aromatic nitrogens is 2. The molecule has 4 rings (SSSR count). The van der Waals surface area contributed by atoms with Gasteiger partial charge in [0.2, 0.25) is 11.8 Å². The zero-order valence-electron chi connectivity index (χ0n) is 15.5. The fraction of sp³-hybridized carbons (Fsp3) is 0.190. The summed E-state index contributed by atoms with van der Waals surface area (Å²) in [6.07, 6.45) is 0. The predicted octanol–water partition coefficient (Wildman–Crippen LogP) is 4.76. The van der Waals surface area contributed by atoms with Gasteiger partial charge in [-0.25, -0.2) is 0 Å². The van der Waals surface area contributed by atoms with Crippen molar-refractivity contribution in [3.05, 3.63) is 65.9 Å². The highest BCUT2D eigenvalue weighted by molar-refractivity contribution is 7.99. The number of hydrogen-bond donors (Lipinski definition) is 1. The normalized spacial score (nSPS) is 12.2. The highest BCUT2D eigenvalue weighted by Crippen LogP contribution is 2.25. The average molecular weight is 393 g/mol. The maximum atomic E-state index is 12.3. The number of carbonyl (C=O) groups is 1. The molecule has 6 nitrogen and oxygen atoms in total. The van der Waals surface area contributed by atoms with E-state index < -0.39 is 0 Å². The van der Waals surface area contributed by atoms with Crippen molar-refractivity contribution in [3.8, 4) is 11.5 Å². The molecular weight excluding hydrogens is 374 g/mol. The van der Waals surface area contributed by atoms with Crippen molar-refractivity contribution >= 4 is 28.6 Å². The second kappa shape index (κ2) is 7.90. The topological polar surface area (TPSA) is 81.2 Å². The van der Waals surface area contributed by atoms with Crippen LogP contribution in [-0.4, -0.2) is 21.9 Å². The first-order valence-electron chi connectivity index (χ1n) is 8.89. The van der Waals surface area contributed by atoms with Crippen LogP contribution in [-0.2, 0) is 4.79 Å². The molecule has 0 spiro atoms. The molecule has 2 heterocycles. The molecule has 0 saturated carbocycles. The van der Waals surface area contributed by atoms with Gasteiger partial charge in [-0.15, -0.1) is 10.2 Å². The molecule has 0 unspecified atom stereocenters. The number of amides is 1. The van der Waals surface area contributed by atoms with E-state index in [1.165, 1.54) is 11.8 Å². The van der Waals surface area contributed by atoms with Gasteiger partial charge in [0.1, 0.15) is 11.3 Å². The molecule has 0 aliphatic carbocycles. The van der Waals surface area contributed by atoms with Gasteiger partial charge in [0.05, 0.1) is 11.8 Å². The number of nitrogens with one attached hydrogen (secondary N) is 1. The van der Waals surface area contributed by atoms with Crippen molar-refractivity contribution in [1.29, 1.82) is 0 Å². The van der Waals surface area contributed by atoms with Crippen LogP contribution >= 0.6 is 11.8 Å². The summed E-state index contributed by atoms with van der Waals surface area (Å²) >= 11 is 1.21. The molecule has 2 aromatic carbocycles. The van der Waals surface area contributed by atoms with Gasteiger partial charge in [0.15, 0.2) is 0 Å². The third kappa shape index (κ3) is 4.09. The fourth-order valence-electron chi connectivity index (χ4n) is 2.78. The van der Waals surface area contributed by atoms with Crippen LogP contribution in [0.3, 0.4) is 0 Å². The van der Waals surface area contributed by atoms with Crippen LogP contribution in [0.4, 0.5) is 0 Å². The quantitative estimate of drug-likeness (QED) is 0.476. The van der Waals surface area contributed by atoms with Gasteiger partial charge in [-0.05, 0) is 38.1 Å². The van der Waals surface area contributed by atoms with Crippen LogP contribution < -0.4 is 5.32 Å². The third-order valence-electron chi connectivity index (χ3n) is 4.28. The van der Waals surface area contributed by atoms with Crippen molar-refractivity contribution in [1.82, 2.24) is 15.5 Å². The Morgan fingerprint density at radius 3 is 2.68 bits per heavy atom. The number of carbonyl (C=O) groups excluding carboxylic acids is 1. The van der Waals surface area contributed by atoms with Crippen molar-refractivity contribution < 1.29 is 13.6 Å². The number of fused-ring (bicyclic) bond motifs is 1. The number of thioether (sulfide) groups is 1. The van der Waals surface area contributed by atoms with Gasteiger partial charge in [0, 0.05) is 10.9 Å². The third-order valence-corrected chi connectivity index (χ3v) is 5.10. The number of para-hydroxylation sites is 1. The van der Waals surface area contributed by atoms with E-state index in [9.17, 15) is 4.79 Å². The molecule has 1 amide bonds. The molecule has 0 saturated heterocycles. The lowest BCUT2D eigenvalue weighted by Crippen LogP contribution is -2.27. The molecular formula is C21H19N3O3S. The van der Waals surface area contributed by atoms with Crippen LogP contribution in [0.15, 0.2) is 68.7 Å². The summed E-state index contributed by atoms with van der Waals surface area (Å²) in [5.74, 6) is 1.21. The molecule has 0 aliphatic heterocycles. The number of rotatable bonds is 6. The second-order valence-electron chi connectivity index (χ2n) is 6.50. The molecule has 7 heteroatoms. The van der Waals surface area contributed by atoms with Crippen molar-refractivity contribution in [2.24, 2.45) is 0 Å². The van der Waals surface area contributed by atoms with Crippen LogP contribution in [0.2, 0.25) is 0 Å². The molecule has 0 radical (unpaired) electrons. The summed E-state index contributed by atoms with van der Waals surface area (Å²) < 4.78 is 11.4. The van der Waals surface area contributed by atoms with E-state index in [0.29, 0.717) is 11.1 Å². The summed E-state index contributed by atoms with van der Waals surface area (Å²) in [6.45, 7) is 3.91. The molecule has 142 valence electrons. The van der Waals surface area contributed by atoms with Gasteiger partial charge < -0.3 is 14.2 Å². The van der Waals surface area contributed by atoms with Gasteiger partial charge in [-0.3, -0.25) is 4.79 Å². The Labute approximate surface area is 166 Å². The lowest BCUT2D eigenvalue weighted by molar-refractivity contribution is -0.119. The van der Waals surface area contributed by atoms with Crippen LogP contribution in [0.1, 0.15) is 24.3 Å². The van der Waals surface area contributed by atoms with Crippen LogP contribution in [0.5, 0.6) is 0 Å². The smallest absolute Gasteiger partial charge is 0.277 e. The molecule has 1 N–H and O–H groups in total. The van der Waals surface area contributed by atoms with Gasteiger partial charge in [0.25, 0.3) is 5.22 Å². The molecule has 2 aromatic heterocycles. The van der Waals surface area contributed by atoms with E-state index in [2.05, 4.69) is 15.5 Å². The summed E-state index contributed by atoms with van der Waals surface area (Å²) in [4.78, 5) is 12.3. The standard InChI is InChI=1S/C21H19N3O3S/c1-13-7-9-15(10-8-13)20-23-24-21(27-20)28-12-19(25)22-14(2)18-11-16-5-3-4-6-17(16)26-18/h3-11,14H,12H2,1-2H3,(H,22,25)/t14-/m1/s1. The Morgan fingerprint density at radius 1 is 1.11 bits per heavy atom. The average Bonchev–Trinajstić information content (AvgIpc) is 3.34. The number of nitrogens with zero attached hydrogens (tertiary/aromatic N) is 2. The lowest BCUT2D eigenvalue weighted by Gasteiger charge is -2.10. The Hall–Kier alpha value is -3.06. The Morgan fingerprint density at radius 2 is 1.89 bits per heavy atom. The van der Waals surface area contributed by atoms with E-state index in [4.69, 9.17) is 8.83 Å². The van der Waals surface area contributed by atoms with Gasteiger partial charge >= 0.3 is 0 Å². The molecule has 0 fully saturated rings. The number of benzene rings is 2. The van der Waals surface area contributed by atoms with E-state index in [-0.39, 0.29) is 17.7 Å². The molecule has 28 heavy (non-hydrogen) atoms. The number of hydrogen-bond acceptors (Lipinski definition) is 6. The number of furan rings is 1. The minimum Gasteiger partial charge on any atom is -0.459 e. The monoisotopic (exact) mass is 393 g/mol. The maximum Gasteiger partial charge on any atom is 0.277 e. The summed E-state index contributed by atoms with van der Waals surface area (Å²) in [7, 11) is 0. The van der Waals surface area contributed by atoms with Gasteiger partial charge in [-0.1, -0.05) is 47.7 Å². The second-order valence-corrected chi connectivity index (χ2v) is 7.43. The van der Waals surface area contributed by atoms with Crippen LogP contribution in [0, 0.1) is 6.92 Å². The largest absolute Gasteiger partial charge is 0.459 e. The van der Waals surface area contributed by atoms with Crippen molar-refractivity contribution in [2.75, 3.05) is 5.75 Å². The van der Waals surface area contributed by atoms with E-state index in [1.807, 2.05) is 68.4 Å².